The van der Waals surface area contributed by atoms with Gasteiger partial charge in [0.2, 0.25) is 0 Å². The van der Waals surface area contributed by atoms with Crippen LogP contribution in [0, 0.1) is 34.5 Å². The third kappa shape index (κ3) is 2.68. The summed E-state index contributed by atoms with van der Waals surface area (Å²) in [7, 11) is 0. The van der Waals surface area contributed by atoms with Crippen LogP contribution in [0.15, 0.2) is 24.3 Å². The molecule has 0 amide bonds. The van der Waals surface area contributed by atoms with Crippen LogP contribution < -0.4 is 0 Å². The predicted molar refractivity (Wildman–Crippen MR) is 107 cm³/mol. The van der Waals surface area contributed by atoms with Gasteiger partial charge in [0, 0.05) is 11.5 Å². The van der Waals surface area contributed by atoms with Crippen molar-refractivity contribution >= 4 is 5.97 Å². The van der Waals surface area contributed by atoms with Gasteiger partial charge in [-0.3, -0.25) is 0 Å². The van der Waals surface area contributed by atoms with E-state index >= 15 is 0 Å². The quantitative estimate of drug-likeness (QED) is 0.519. The number of hydrogen-bond acceptors (Lipinski definition) is 2. The molecular formula is C24H36O3. The molecule has 0 aromatic carbocycles. The van der Waals surface area contributed by atoms with Crippen LogP contribution in [0.3, 0.4) is 0 Å². The molecule has 3 nitrogen and oxygen atoms in total. The van der Waals surface area contributed by atoms with E-state index in [1.54, 1.807) is 0 Å². The largest absolute Gasteiger partial charge is 0.478 e. The zero-order valence-electron chi connectivity index (χ0n) is 17.0. The van der Waals surface area contributed by atoms with E-state index in [4.69, 9.17) is 5.11 Å². The normalized spacial score (nSPS) is 49.3. The summed E-state index contributed by atoms with van der Waals surface area (Å²) in [6, 6.07) is 0. The number of hydrogen-bond donors (Lipinski definition) is 2. The van der Waals surface area contributed by atoms with Gasteiger partial charge in [-0.2, -0.15) is 0 Å². The average Bonchev–Trinajstić information content (AvgIpc) is 2.91. The summed E-state index contributed by atoms with van der Waals surface area (Å²) in [5, 5.41) is 20.6. The lowest BCUT2D eigenvalue weighted by Gasteiger charge is -2.61. The standard InChI is InChI=1S/C24H36O3/c1-16(7-10-21(25)26)24(27)15-12-20-18-9-8-17-6-4-5-13-22(17,2)19(18)11-14-23(20,24)3/h7,10,17-20,27H,1,4-6,8-9,11-15H2,2-3H3,(H,25,26)/t17?,18-,19+,20+,22+,23+,24+/m1/s1. The highest BCUT2D eigenvalue weighted by molar-refractivity contribution is 5.80. The fourth-order valence-electron chi connectivity index (χ4n) is 8.15. The van der Waals surface area contributed by atoms with Crippen molar-refractivity contribution in [1.82, 2.24) is 0 Å². The molecule has 4 aliphatic carbocycles. The van der Waals surface area contributed by atoms with Crippen molar-refractivity contribution in [3.05, 3.63) is 24.3 Å². The van der Waals surface area contributed by atoms with E-state index in [2.05, 4.69) is 20.4 Å². The molecule has 7 atom stereocenters. The summed E-state index contributed by atoms with van der Waals surface area (Å²) in [5.74, 6) is 1.99. The van der Waals surface area contributed by atoms with Gasteiger partial charge >= 0.3 is 5.97 Å². The van der Waals surface area contributed by atoms with Gasteiger partial charge < -0.3 is 10.2 Å². The topological polar surface area (TPSA) is 57.5 Å². The van der Waals surface area contributed by atoms with Crippen molar-refractivity contribution in [3.63, 3.8) is 0 Å². The molecule has 0 bridgehead atoms. The van der Waals surface area contributed by atoms with Crippen molar-refractivity contribution in [2.75, 3.05) is 0 Å². The molecule has 27 heavy (non-hydrogen) atoms. The fraction of sp³-hybridized carbons (Fsp3) is 0.792. The number of fused-ring (bicyclic) bond motifs is 5. The Hall–Kier alpha value is -1.09. The fourth-order valence-corrected chi connectivity index (χ4v) is 8.15. The number of carboxylic acid groups (broad SMARTS) is 1. The molecule has 2 N–H and O–H groups in total. The van der Waals surface area contributed by atoms with Gasteiger partial charge in [0.15, 0.2) is 0 Å². The second-order valence-corrected chi connectivity index (χ2v) is 10.5. The van der Waals surface area contributed by atoms with Crippen molar-refractivity contribution in [1.29, 1.82) is 0 Å². The number of aliphatic carboxylic acids is 1. The molecule has 4 aliphatic rings. The van der Waals surface area contributed by atoms with Gasteiger partial charge in [-0.15, -0.1) is 0 Å². The van der Waals surface area contributed by atoms with Gasteiger partial charge in [0.25, 0.3) is 0 Å². The Balaban J connectivity index is 1.61. The molecule has 0 spiro atoms. The first-order valence-electron chi connectivity index (χ1n) is 11.1. The van der Waals surface area contributed by atoms with E-state index in [-0.39, 0.29) is 5.41 Å². The zero-order valence-corrected chi connectivity index (χ0v) is 17.0. The zero-order chi connectivity index (χ0) is 19.4. The lowest BCUT2D eigenvalue weighted by atomic mass is 9.44. The van der Waals surface area contributed by atoms with Gasteiger partial charge in [0.1, 0.15) is 0 Å². The van der Waals surface area contributed by atoms with Gasteiger partial charge in [-0.25, -0.2) is 4.79 Å². The highest BCUT2D eigenvalue weighted by Crippen LogP contribution is 2.69. The van der Waals surface area contributed by atoms with E-state index in [1.165, 1.54) is 51.0 Å². The molecule has 0 aromatic rings. The Kier molecular flexibility index (Phi) is 4.61. The van der Waals surface area contributed by atoms with Crippen LogP contribution in [-0.4, -0.2) is 21.8 Å². The molecule has 0 radical (unpaired) electrons. The SMILES string of the molecule is C=C(C=CC(=O)O)[C@@]1(O)CC[C@H]2[C@@H]3CCC4CCCC[C@]4(C)[C@H]3CC[C@@]21C. The van der Waals surface area contributed by atoms with E-state index in [1.807, 2.05) is 0 Å². The second kappa shape index (κ2) is 6.47. The lowest BCUT2D eigenvalue weighted by molar-refractivity contribution is -0.139. The summed E-state index contributed by atoms with van der Waals surface area (Å²) in [6.07, 6.45) is 15.0. The molecule has 4 fully saturated rings. The molecule has 1 unspecified atom stereocenters. The minimum atomic E-state index is -0.980. The molecule has 4 saturated carbocycles. The number of carboxylic acids is 1. The lowest BCUT2D eigenvalue weighted by Crippen LogP contribution is -2.56. The summed E-state index contributed by atoms with van der Waals surface area (Å²) in [4.78, 5) is 10.9. The predicted octanol–water partition coefficient (Wildman–Crippen LogP) is 5.35. The average molecular weight is 373 g/mol. The van der Waals surface area contributed by atoms with Crippen LogP contribution in [0.5, 0.6) is 0 Å². The van der Waals surface area contributed by atoms with Crippen LogP contribution in [0.2, 0.25) is 0 Å². The summed E-state index contributed by atoms with van der Waals surface area (Å²) >= 11 is 0. The Morgan fingerprint density at radius 1 is 0.963 bits per heavy atom. The van der Waals surface area contributed by atoms with E-state index in [9.17, 15) is 9.90 Å². The van der Waals surface area contributed by atoms with Crippen LogP contribution in [0.1, 0.15) is 78.1 Å². The molecular weight excluding hydrogens is 336 g/mol. The first-order valence-corrected chi connectivity index (χ1v) is 11.1. The van der Waals surface area contributed by atoms with Crippen LogP contribution >= 0.6 is 0 Å². The van der Waals surface area contributed by atoms with E-state index < -0.39 is 11.6 Å². The Morgan fingerprint density at radius 3 is 2.44 bits per heavy atom. The maximum Gasteiger partial charge on any atom is 0.328 e. The van der Waals surface area contributed by atoms with Gasteiger partial charge in [-0.05, 0) is 92.1 Å². The van der Waals surface area contributed by atoms with Crippen molar-refractivity contribution < 1.29 is 15.0 Å². The molecule has 3 heteroatoms. The number of carbonyl (C=O) groups is 1. The highest BCUT2D eigenvalue weighted by atomic mass is 16.4. The maximum absolute atomic E-state index is 11.7. The smallest absolute Gasteiger partial charge is 0.328 e. The minimum absolute atomic E-state index is 0.175. The molecule has 0 saturated heterocycles. The third-order valence-corrected chi connectivity index (χ3v) is 9.69. The Bertz CT molecular complexity index is 667. The van der Waals surface area contributed by atoms with Crippen molar-refractivity contribution in [3.8, 4) is 0 Å². The molecule has 150 valence electrons. The summed E-state index contributed by atoms with van der Waals surface area (Å²) in [5.41, 5.74) is -0.0419. The third-order valence-electron chi connectivity index (χ3n) is 9.69. The monoisotopic (exact) mass is 372 g/mol. The molecule has 0 aliphatic heterocycles. The number of aliphatic hydroxyl groups is 1. The van der Waals surface area contributed by atoms with Gasteiger partial charge in [0.05, 0.1) is 5.60 Å². The second-order valence-electron chi connectivity index (χ2n) is 10.5. The van der Waals surface area contributed by atoms with E-state index in [0.717, 1.165) is 37.2 Å². The van der Waals surface area contributed by atoms with Crippen molar-refractivity contribution in [2.24, 2.45) is 34.5 Å². The Labute approximate surface area is 163 Å². The van der Waals surface area contributed by atoms with Crippen LogP contribution in [-0.2, 0) is 4.79 Å². The van der Waals surface area contributed by atoms with Crippen molar-refractivity contribution in [2.45, 2.75) is 83.7 Å². The molecule has 0 aromatic heterocycles. The van der Waals surface area contributed by atoms with Crippen LogP contribution in [0.25, 0.3) is 0 Å². The minimum Gasteiger partial charge on any atom is -0.478 e. The van der Waals surface area contributed by atoms with Gasteiger partial charge in [-0.1, -0.05) is 33.3 Å². The first kappa shape index (κ1) is 19.2. The first-order chi connectivity index (χ1) is 12.7. The summed E-state index contributed by atoms with van der Waals surface area (Å²) < 4.78 is 0. The maximum atomic E-state index is 11.7. The highest BCUT2D eigenvalue weighted by Gasteiger charge is 2.64. The number of rotatable bonds is 3. The molecule has 4 rings (SSSR count). The Morgan fingerprint density at radius 2 is 1.70 bits per heavy atom. The van der Waals surface area contributed by atoms with Crippen LogP contribution in [0.4, 0.5) is 0 Å². The summed E-state index contributed by atoms with van der Waals surface area (Å²) in [6.45, 7) is 8.94. The molecule has 0 heterocycles. The van der Waals surface area contributed by atoms with E-state index in [0.29, 0.717) is 22.8 Å².